The first kappa shape index (κ1) is 3.72. The van der Waals surface area contributed by atoms with Crippen LogP contribution in [0.1, 0.15) is 13.3 Å². The van der Waals surface area contributed by atoms with Crippen LogP contribution < -0.4 is 5.32 Å². The first-order chi connectivity index (χ1) is 2.93. The maximum absolute atomic E-state index is 3.16. The summed E-state index contributed by atoms with van der Waals surface area (Å²) >= 11 is 0. The van der Waals surface area contributed by atoms with Crippen molar-refractivity contribution >= 4 is 0 Å². The van der Waals surface area contributed by atoms with Gasteiger partial charge in [0, 0.05) is 12.2 Å². The monoisotopic (exact) mass is 83.1 g/mol. The van der Waals surface area contributed by atoms with Gasteiger partial charge in [-0.15, -0.1) is 0 Å². The van der Waals surface area contributed by atoms with Crippen LogP contribution in [0.2, 0.25) is 0 Å². The van der Waals surface area contributed by atoms with E-state index >= 15 is 0 Å². The zero-order chi connectivity index (χ0) is 4.41. The minimum Gasteiger partial charge on any atom is -0.385 e. The highest BCUT2D eigenvalue weighted by atomic mass is 14.9. The zero-order valence-electron chi connectivity index (χ0n) is 3.99. The van der Waals surface area contributed by atoms with Crippen molar-refractivity contribution < 1.29 is 0 Å². The van der Waals surface area contributed by atoms with Gasteiger partial charge in [0.1, 0.15) is 0 Å². The highest BCUT2D eigenvalue weighted by molar-refractivity contribution is 5.09. The summed E-state index contributed by atoms with van der Waals surface area (Å²) < 4.78 is 0. The number of hydrogen-bond acceptors (Lipinski definition) is 1. The third-order valence-electron chi connectivity index (χ3n) is 1.06. The van der Waals surface area contributed by atoms with Crippen molar-refractivity contribution in [1.82, 2.24) is 5.32 Å². The van der Waals surface area contributed by atoms with E-state index in [-0.39, 0.29) is 0 Å². The summed E-state index contributed by atoms with van der Waals surface area (Å²) in [5, 5.41) is 3.16. The minimum absolute atomic E-state index is 1.09. The van der Waals surface area contributed by atoms with Crippen LogP contribution in [0.15, 0.2) is 11.8 Å². The van der Waals surface area contributed by atoms with Crippen LogP contribution in [-0.4, -0.2) is 6.54 Å². The molecule has 1 nitrogen and oxygen atoms in total. The van der Waals surface area contributed by atoms with Crippen molar-refractivity contribution in [1.29, 1.82) is 0 Å². The van der Waals surface area contributed by atoms with Gasteiger partial charge in [-0.1, -0.05) is 6.92 Å². The SMILES string of the molecule is CCC1=CCN1. The van der Waals surface area contributed by atoms with E-state index in [9.17, 15) is 0 Å². The molecule has 0 saturated heterocycles. The van der Waals surface area contributed by atoms with Gasteiger partial charge in [0.05, 0.1) is 0 Å². The summed E-state index contributed by atoms with van der Waals surface area (Å²) in [6, 6.07) is 0. The van der Waals surface area contributed by atoms with E-state index in [2.05, 4.69) is 18.3 Å². The quantitative estimate of drug-likeness (QED) is 0.496. The highest BCUT2D eigenvalue weighted by Gasteiger charge is 1.96. The van der Waals surface area contributed by atoms with Crippen LogP contribution >= 0.6 is 0 Å². The summed E-state index contributed by atoms with van der Waals surface area (Å²) in [5.41, 5.74) is 1.40. The Morgan fingerprint density at radius 2 is 2.67 bits per heavy atom. The van der Waals surface area contributed by atoms with Crippen LogP contribution in [-0.2, 0) is 0 Å². The molecule has 1 heterocycles. The minimum atomic E-state index is 1.09. The summed E-state index contributed by atoms with van der Waals surface area (Å²) in [4.78, 5) is 0. The van der Waals surface area contributed by atoms with Crippen LogP contribution in [0.25, 0.3) is 0 Å². The van der Waals surface area contributed by atoms with Crippen molar-refractivity contribution in [3.05, 3.63) is 11.8 Å². The molecule has 0 unspecified atom stereocenters. The second-order valence-corrected chi connectivity index (χ2v) is 1.46. The van der Waals surface area contributed by atoms with Gasteiger partial charge in [-0.05, 0) is 12.5 Å². The smallest absolute Gasteiger partial charge is 0.0347 e. The van der Waals surface area contributed by atoms with E-state index in [1.165, 1.54) is 12.1 Å². The molecule has 1 heteroatoms. The van der Waals surface area contributed by atoms with Gasteiger partial charge in [-0.25, -0.2) is 0 Å². The Labute approximate surface area is 38.1 Å². The topological polar surface area (TPSA) is 12.0 Å². The molecule has 0 fully saturated rings. The zero-order valence-corrected chi connectivity index (χ0v) is 3.99. The summed E-state index contributed by atoms with van der Waals surface area (Å²) in [6.07, 6.45) is 3.38. The third kappa shape index (κ3) is 0.402. The van der Waals surface area contributed by atoms with Gasteiger partial charge >= 0.3 is 0 Å². The molecule has 0 aromatic heterocycles. The second kappa shape index (κ2) is 1.33. The molecule has 34 valence electrons. The number of allylic oxidation sites excluding steroid dienone is 1. The van der Waals surface area contributed by atoms with Gasteiger partial charge in [-0.2, -0.15) is 0 Å². The molecule has 0 radical (unpaired) electrons. The van der Waals surface area contributed by atoms with E-state index in [1.54, 1.807) is 0 Å². The van der Waals surface area contributed by atoms with Crippen LogP contribution in [0, 0.1) is 0 Å². The Balaban J connectivity index is 2.32. The van der Waals surface area contributed by atoms with E-state index in [0.29, 0.717) is 0 Å². The average Bonchev–Trinajstić information content (AvgIpc) is 1.31. The average molecular weight is 83.1 g/mol. The first-order valence-electron chi connectivity index (χ1n) is 2.36. The van der Waals surface area contributed by atoms with Crippen LogP contribution in [0.3, 0.4) is 0 Å². The standard InChI is InChI=1S/C5H9N/c1-2-5-3-4-6-5/h3,6H,2,4H2,1H3. The molecule has 0 aliphatic carbocycles. The third-order valence-corrected chi connectivity index (χ3v) is 1.06. The molecule has 1 rings (SSSR count). The molecule has 0 saturated carbocycles. The molecule has 0 aromatic rings. The molecule has 1 N–H and O–H groups in total. The molecule has 0 bridgehead atoms. The second-order valence-electron chi connectivity index (χ2n) is 1.46. The van der Waals surface area contributed by atoms with Gasteiger partial charge in [0.15, 0.2) is 0 Å². The maximum atomic E-state index is 3.16. The molecule has 0 aromatic carbocycles. The van der Waals surface area contributed by atoms with Crippen LogP contribution in [0.5, 0.6) is 0 Å². The number of nitrogens with one attached hydrogen (secondary N) is 1. The van der Waals surface area contributed by atoms with E-state index < -0.39 is 0 Å². The Morgan fingerprint density at radius 3 is 2.67 bits per heavy atom. The Hall–Kier alpha value is -0.460. The molecule has 1 aliphatic heterocycles. The predicted octanol–water partition coefficient (Wildman–Crippen LogP) is 0.883. The van der Waals surface area contributed by atoms with Crippen LogP contribution in [0.4, 0.5) is 0 Å². The maximum Gasteiger partial charge on any atom is 0.0347 e. The van der Waals surface area contributed by atoms with Gasteiger partial charge < -0.3 is 5.32 Å². The van der Waals surface area contributed by atoms with Crippen molar-refractivity contribution in [2.24, 2.45) is 0 Å². The molecular weight excluding hydrogens is 74.1 g/mol. The van der Waals surface area contributed by atoms with E-state index in [1.807, 2.05) is 0 Å². The summed E-state index contributed by atoms with van der Waals surface area (Å²) in [7, 11) is 0. The van der Waals surface area contributed by atoms with Crippen molar-refractivity contribution in [2.45, 2.75) is 13.3 Å². The predicted molar refractivity (Wildman–Crippen MR) is 26.4 cm³/mol. The van der Waals surface area contributed by atoms with Crippen molar-refractivity contribution in [3.8, 4) is 0 Å². The molecular formula is C5H9N. The summed E-state index contributed by atoms with van der Waals surface area (Å²) in [6.45, 7) is 3.24. The molecule has 0 spiro atoms. The van der Waals surface area contributed by atoms with E-state index in [4.69, 9.17) is 0 Å². The van der Waals surface area contributed by atoms with Gasteiger partial charge in [0.2, 0.25) is 0 Å². The van der Waals surface area contributed by atoms with Gasteiger partial charge in [0.25, 0.3) is 0 Å². The Bertz CT molecular complexity index is 74.0. The van der Waals surface area contributed by atoms with Gasteiger partial charge in [-0.3, -0.25) is 0 Å². The Kier molecular flexibility index (Phi) is 0.825. The van der Waals surface area contributed by atoms with Crippen molar-refractivity contribution in [3.63, 3.8) is 0 Å². The molecule has 1 aliphatic rings. The highest BCUT2D eigenvalue weighted by Crippen LogP contribution is 2.00. The number of hydrogen-bond donors (Lipinski definition) is 1. The fourth-order valence-corrected chi connectivity index (χ4v) is 0.516. The number of rotatable bonds is 1. The molecule has 0 atom stereocenters. The normalized spacial score (nSPS) is 17.8. The molecule has 0 amide bonds. The Morgan fingerprint density at radius 1 is 2.00 bits per heavy atom. The largest absolute Gasteiger partial charge is 0.385 e. The fraction of sp³-hybridized carbons (Fsp3) is 0.600. The first-order valence-corrected chi connectivity index (χ1v) is 2.36. The molecule has 6 heavy (non-hydrogen) atoms. The van der Waals surface area contributed by atoms with Crippen molar-refractivity contribution in [2.75, 3.05) is 6.54 Å². The lowest BCUT2D eigenvalue weighted by molar-refractivity contribution is 0.761. The lowest BCUT2D eigenvalue weighted by atomic mass is 10.2. The van der Waals surface area contributed by atoms with E-state index in [0.717, 1.165) is 6.54 Å². The fourth-order valence-electron chi connectivity index (χ4n) is 0.516. The summed E-state index contributed by atoms with van der Waals surface area (Å²) in [5.74, 6) is 0. The lowest BCUT2D eigenvalue weighted by Gasteiger charge is -2.14. The lowest BCUT2D eigenvalue weighted by Crippen LogP contribution is -2.22.